The van der Waals surface area contributed by atoms with E-state index in [1.807, 2.05) is 0 Å². The van der Waals surface area contributed by atoms with E-state index in [-0.39, 0.29) is 11.8 Å². The van der Waals surface area contributed by atoms with Crippen LogP contribution in [-0.2, 0) is 6.54 Å². The van der Waals surface area contributed by atoms with Gasteiger partial charge < -0.3 is 14.8 Å². The lowest BCUT2D eigenvalue weighted by Gasteiger charge is -2.33. The van der Waals surface area contributed by atoms with Crippen molar-refractivity contribution in [2.45, 2.75) is 64.9 Å². The number of piperidine rings is 1. The largest absolute Gasteiger partial charge is 0.573 e. The molecule has 0 aliphatic carbocycles. The first-order valence-corrected chi connectivity index (χ1v) is 13.3. The highest BCUT2D eigenvalue weighted by molar-refractivity contribution is 5.68. The predicted molar refractivity (Wildman–Crippen MR) is 147 cm³/mol. The van der Waals surface area contributed by atoms with Crippen molar-refractivity contribution in [3.63, 3.8) is 0 Å². The number of hydrogen-bond acceptors (Lipinski definition) is 4. The van der Waals surface area contributed by atoms with Gasteiger partial charge in [0.25, 0.3) is 0 Å². The SMILES string of the molecule is CCC(C)c1cc(-c2cccc(CN3CCC(Nc4ccc(OC(F)(F)F)cc4)CC3)c2)cc(OC)c1C. The topological polar surface area (TPSA) is 33.7 Å². The molecule has 1 aliphatic heterocycles. The Morgan fingerprint density at radius 1 is 1.00 bits per heavy atom. The molecule has 1 unspecified atom stereocenters. The van der Waals surface area contributed by atoms with E-state index in [1.54, 1.807) is 19.2 Å². The second-order valence-electron chi connectivity index (χ2n) is 10.2. The van der Waals surface area contributed by atoms with E-state index in [1.165, 1.54) is 39.9 Å². The quantitative estimate of drug-likeness (QED) is 0.305. The first kappa shape index (κ1) is 27.8. The van der Waals surface area contributed by atoms with Gasteiger partial charge in [-0.25, -0.2) is 0 Å². The fourth-order valence-corrected chi connectivity index (χ4v) is 5.15. The number of likely N-dealkylation sites (tertiary alicyclic amines) is 1. The zero-order valence-electron chi connectivity index (χ0n) is 22.6. The van der Waals surface area contributed by atoms with Crippen LogP contribution in [0.25, 0.3) is 11.1 Å². The van der Waals surface area contributed by atoms with Crippen LogP contribution in [0.15, 0.2) is 60.7 Å². The van der Waals surface area contributed by atoms with Crippen molar-refractivity contribution in [1.82, 2.24) is 4.90 Å². The van der Waals surface area contributed by atoms with Gasteiger partial charge in [0.15, 0.2) is 0 Å². The molecule has 0 bridgehead atoms. The molecule has 1 aliphatic rings. The van der Waals surface area contributed by atoms with E-state index in [0.717, 1.165) is 50.3 Å². The number of halogens is 3. The molecule has 204 valence electrons. The third-order valence-corrected chi connectivity index (χ3v) is 7.48. The molecule has 0 saturated carbocycles. The number of rotatable bonds is 9. The van der Waals surface area contributed by atoms with Gasteiger partial charge in [-0.1, -0.05) is 38.1 Å². The molecular formula is C31H37F3N2O2. The Labute approximate surface area is 223 Å². The van der Waals surface area contributed by atoms with Gasteiger partial charge in [-0.05, 0) is 96.3 Å². The summed E-state index contributed by atoms with van der Waals surface area (Å²) in [4.78, 5) is 2.46. The first-order valence-electron chi connectivity index (χ1n) is 13.3. The minimum absolute atomic E-state index is 0.208. The number of methoxy groups -OCH3 is 1. The summed E-state index contributed by atoms with van der Waals surface area (Å²) in [5, 5.41) is 3.45. The molecule has 4 nitrogen and oxygen atoms in total. The zero-order valence-corrected chi connectivity index (χ0v) is 22.6. The molecule has 1 fully saturated rings. The van der Waals surface area contributed by atoms with Crippen LogP contribution in [0.3, 0.4) is 0 Å². The van der Waals surface area contributed by atoms with Gasteiger partial charge in [0.2, 0.25) is 0 Å². The second kappa shape index (κ2) is 12.1. The second-order valence-corrected chi connectivity index (χ2v) is 10.2. The van der Waals surface area contributed by atoms with Crippen molar-refractivity contribution in [2.24, 2.45) is 0 Å². The summed E-state index contributed by atoms with van der Waals surface area (Å²) in [6, 6.07) is 19.4. The fraction of sp³-hybridized carbons (Fsp3) is 0.419. The summed E-state index contributed by atoms with van der Waals surface area (Å²) < 4.78 is 46.8. The predicted octanol–water partition coefficient (Wildman–Crippen LogP) is 8.16. The summed E-state index contributed by atoms with van der Waals surface area (Å²) >= 11 is 0. The van der Waals surface area contributed by atoms with Gasteiger partial charge in [-0.2, -0.15) is 0 Å². The third kappa shape index (κ3) is 7.22. The lowest BCUT2D eigenvalue weighted by atomic mass is 9.90. The summed E-state index contributed by atoms with van der Waals surface area (Å²) in [6.07, 6.45) is -1.66. The highest BCUT2D eigenvalue weighted by Gasteiger charge is 2.31. The monoisotopic (exact) mass is 526 g/mol. The number of anilines is 1. The van der Waals surface area contributed by atoms with Gasteiger partial charge >= 0.3 is 6.36 Å². The van der Waals surface area contributed by atoms with E-state index in [9.17, 15) is 13.2 Å². The Morgan fingerprint density at radius 3 is 2.34 bits per heavy atom. The number of hydrogen-bond donors (Lipinski definition) is 1. The summed E-state index contributed by atoms with van der Waals surface area (Å²) in [7, 11) is 1.73. The molecule has 0 aromatic heterocycles. The lowest BCUT2D eigenvalue weighted by molar-refractivity contribution is -0.274. The minimum atomic E-state index is -4.68. The molecule has 3 aromatic carbocycles. The minimum Gasteiger partial charge on any atom is -0.496 e. The number of nitrogens with one attached hydrogen (secondary N) is 1. The molecule has 1 heterocycles. The molecule has 7 heteroatoms. The third-order valence-electron chi connectivity index (χ3n) is 7.48. The van der Waals surface area contributed by atoms with Crippen molar-refractivity contribution in [2.75, 3.05) is 25.5 Å². The lowest BCUT2D eigenvalue weighted by Crippen LogP contribution is -2.38. The average Bonchev–Trinajstić information content (AvgIpc) is 2.90. The van der Waals surface area contributed by atoms with Crippen LogP contribution in [-0.4, -0.2) is 37.5 Å². The summed E-state index contributed by atoms with van der Waals surface area (Å²) in [5.41, 5.74) is 7.00. The van der Waals surface area contributed by atoms with Crippen LogP contribution in [0.4, 0.5) is 18.9 Å². The molecule has 0 spiro atoms. The molecule has 3 aromatic rings. The highest BCUT2D eigenvalue weighted by Crippen LogP contribution is 2.35. The maximum atomic E-state index is 12.4. The van der Waals surface area contributed by atoms with Crippen LogP contribution in [0.1, 0.15) is 55.7 Å². The molecule has 0 radical (unpaired) electrons. The molecule has 1 N–H and O–H groups in total. The fourth-order valence-electron chi connectivity index (χ4n) is 5.15. The van der Waals surface area contributed by atoms with E-state index in [4.69, 9.17) is 4.74 Å². The molecular weight excluding hydrogens is 489 g/mol. The number of ether oxygens (including phenoxy) is 2. The van der Waals surface area contributed by atoms with E-state index >= 15 is 0 Å². The van der Waals surface area contributed by atoms with E-state index < -0.39 is 6.36 Å². The van der Waals surface area contributed by atoms with Crippen LogP contribution in [0.2, 0.25) is 0 Å². The normalized spacial score (nSPS) is 15.8. The van der Waals surface area contributed by atoms with Crippen LogP contribution in [0.5, 0.6) is 11.5 Å². The van der Waals surface area contributed by atoms with Gasteiger partial charge in [0.05, 0.1) is 7.11 Å². The van der Waals surface area contributed by atoms with Crippen LogP contribution < -0.4 is 14.8 Å². The Balaban J connectivity index is 1.36. The molecule has 1 saturated heterocycles. The molecule has 38 heavy (non-hydrogen) atoms. The Bertz CT molecular complexity index is 1200. The maximum absolute atomic E-state index is 12.4. The van der Waals surface area contributed by atoms with Crippen LogP contribution in [0, 0.1) is 6.92 Å². The number of alkyl halides is 3. The number of benzene rings is 3. The van der Waals surface area contributed by atoms with Gasteiger partial charge in [0.1, 0.15) is 11.5 Å². The van der Waals surface area contributed by atoms with E-state index in [2.05, 4.69) is 72.1 Å². The maximum Gasteiger partial charge on any atom is 0.573 e. The van der Waals surface area contributed by atoms with Gasteiger partial charge in [-0.15, -0.1) is 13.2 Å². The van der Waals surface area contributed by atoms with Gasteiger partial charge in [0, 0.05) is 31.4 Å². The Morgan fingerprint density at radius 2 is 1.71 bits per heavy atom. The van der Waals surface area contributed by atoms with Crippen molar-refractivity contribution in [3.8, 4) is 22.6 Å². The van der Waals surface area contributed by atoms with Gasteiger partial charge in [-0.3, -0.25) is 4.90 Å². The Kier molecular flexibility index (Phi) is 8.87. The Hall–Kier alpha value is -3.19. The molecule has 4 rings (SSSR count). The summed E-state index contributed by atoms with van der Waals surface area (Å²) in [6.45, 7) is 9.40. The average molecular weight is 527 g/mol. The summed E-state index contributed by atoms with van der Waals surface area (Å²) in [5.74, 6) is 1.19. The van der Waals surface area contributed by atoms with Crippen molar-refractivity contribution in [1.29, 1.82) is 0 Å². The van der Waals surface area contributed by atoms with Crippen molar-refractivity contribution < 1.29 is 22.6 Å². The standard InChI is InChI=1S/C31H37F3N2O2/c1-5-21(2)29-18-25(19-30(37-4)22(29)3)24-8-6-7-23(17-24)20-36-15-13-27(14-16-36)35-26-9-11-28(12-10-26)38-31(32,33)34/h6-12,17-19,21,27,35H,5,13-16,20H2,1-4H3. The molecule has 1 atom stereocenters. The molecule has 0 amide bonds. The van der Waals surface area contributed by atoms with E-state index in [0.29, 0.717) is 5.92 Å². The zero-order chi connectivity index (χ0) is 27.3. The van der Waals surface area contributed by atoms with Crippen molar-refractivity contribution in [3.05, 3.63) is 77.4 Å². The van der Waals surface area contributed by atoms with Crippen LogP contribution >= 0.6 is 0 Å². The van der Waals surface area contributed by atoms with Crippen molar-refractivity contribution >= 4 is 5.69 Å². The smallest absolute Gasteiger partial charge is 0.496 e. The highest BCUT2D eigenvalue weighted by atomic mass is 19.4. The number of nitrogens with zero attached hydrogens (tertiary/aromatic N) is 1. The first-order chi connectivity index (χ1) is 18.1.